The maximum Gasteiger partial charge on any atom is 0.251 e. The summed E-state index contributed by atoms with van der Waals surface area (Å²) < 4.78 is 0. The van der Waals surface area contributed by atoms with E-state index in [2.05, 4.69) is 33.2 Å². The maximum absolute atomic E-state index is 12.6. The van der Waals surface area contributed by atoms with Gasteiger partial charge >= 0.3 is 0 Å². The molecule has 0 atom stereocenters. The molecule has 1 fully saturated rings. The second-order valence-electron chi connectivity index (χ2n) is 6.73. The van der Waals surface area contributed by atoms with Crippen LogP contribution in [-0.4, -0.2) is 29.0 Å². The van der Waals surface area contributed by atoms with E-state index in [1.807, 2.05) is 36.4 Å². The quantitative estimate of drug-likeness (QED) is 0.786. The van der Waals surface area contributed by atoms with Gasteiger partial charge in [-0.3, -0.25) is 4.79 Å². The number of fused-ring (bicyclic) bond motifs is 1. The predicted octanol–water partition coefficient (Wildman–Crippen LogP) is 3.47. The first-order chi connectivity index (χ1) is 12.7. The molecule has 0 aliphatic carbocycles. The number of nitrogens with one attached hydrogen (secondary N) is 1. The fourth-order valence-corrected chi connectivity index (χ4v) is 3.45. The molecule has 1 aliphatic heterocycles. The lowest BCUT2D eigenvalue weighted by molar-refractivity contribution is 0.0951. The standard InChI is InChI=1S/C21H22N4O/c1-15-6-2-3-7-17(15)13-22-21(26)16-8-9-19-18(12-16)20(24-14-23-19)25-10-4-5-11-25/h2-3,6-9,12,14H,4-5,10-11,13H2,1H3,(H,22,26). The zero-order chi connectivity index (χ0) is 17.9. The lowest BCUT2D eigenvalue weighted by Crippen LogP contribution is -2.23. The van der Waals surface area contributed by atoms with Crippen molar-refractivity contribution >= 4 is 22.6 Å². The van der Waals surface area contributed by atoms with E-state index in [0.717, 1.165) is 35.4 Å². The van der Waals surface area contributed by atoms with Gasteiger partial charge in [-0.25, -0.2) is 9.97 Å². The van der Waals surface area contributed by atoms with Gasteiger partial charge in [0.25, 0.3) is 5.91 Å². The van der Waals surface area contributed by atoms with E-state index >= 15 is 0 Å². The minimum absolute atomic E-state index is 0.0774. The predicted molar refractivity (Wildman–Crippen MR) is 103 cm³/mol. The smallest absolute Gasteiger partial charge is 0.251 e. The number of carbonyl (C=O) groups excluding carboxylic acids is 1. The van der Waals surface area contributed by atoms with Crippen LogP contribution in [0.4, 0.5) is 5.82 Å². The molecular weight excluding hydrogens is 324 g/mol. The van der Waals surface area contributed by atoms with Crippen molar-refractivity contribution in [3.05, 3.63) is 65.5 Å². The van der Waals surface area contributed by atoms with Gasteiger partial charge in [0, 0.05) is 30.6 Å². The van der Waals surface area contributed by atoms with Crippen molar-refractivity contribution in [3.8, 4) is 0 Å². The highest BCUT2D eigenvalue weighted by atomic mass is 16.1. The van der Waals surface area contributed by atoms with Crippen molar-refractivity contribution in [3.63, 3.8) is 0 Å². The highest BCUT2D eigenvalue weighted by Gasteiger charge is 2.17. The Hall–Kier alpha value is -2.95. The molecule has 3 aromatic rings. The Bertz CT molecular complexity index is 948. The van der Waals surface area contributed by atoms with Crippen LogP contribution in [0, 0.1) is 6.92 Å². The Labute approximate surface area is 153 Å². The second kappa shape index (κ2) is 7.12. The number of aromatic nitrogens is 2. The Morgan fingerprint density at radius 2 is 1.92 bits per heavy atom. The Morgan fingerprint density at radius 1 is 1.12 bits per heavy atom. The van der Waals surface area contributed by atoms with E-state index in [-0.39, 0.29) is 5.91 Å². The molecule has 0 unspecified atom stereocenters. The van der Waals surface area contributed by atoms with Crippen molar-refractivity contribution < 1.29 is 4.79 Å². The highest BCUT2D eigenvalue weighted by Crippen LogP contribution is 2.26. The third-order valence-corrected chi connectivity index (χ3v) is 4.98. The van der Waals surface area contributed by atoms with Crippen LogP contribution < -0.4 is 10.2 Å². The van der Waals surface area contributed by atoms with Crippen LogP contribution in [-0.2, 0) is 6.54 Å². The van der Waals surface area contributed by atoms with Crippen LogP contribution in [0.5, 0.6) is 0 Å². The molecule has 2 heterocycles. The molecule has 0 saturated carbocycles. The average Bonchev–Trinajstić information content (AvgIpc) is 3.21. The molecule has 1 N–H and O–H groups in total. The fraction of sp³-hybridized carbons (Fsp3) is 0.286. The zero-order valence-corrected chi connectivity index (χ0v) is 14.9. The van der Waals surface area contributed by atoms with E-state index in [9.17, 15) is 4.79 Å². The number of nitrogens with zero attached hydrogens (tertiary/aromatic N) is 3. The van der Waals surface area contributed by atoms with Crippen LogP contribution in [0.25, 0.3) is 10.9 Å². The van der Waals surface area contributed by atoms with Crippen molar-refractivity contribution in [2.24, 2.45) is 0 Å². The minimum Gasteiger partial charge on any atom is -0.356 e. The van der Waals surface area contributed by atoms with E-state index in [1.165, 1.54) is 18.4 Å². The van der Waals surface area contributed by atoms with Crippen LogP contribution in [0.1, 0.15) is 34.3 Å². The third kappa shape index (κ3) is 3.25. The summed E-state index contributed by atoms with van der Waals surface area (Å²) in [6, 6.07) is 13.7. The molecule has 1 saturated heterocycles. The molecule has 1 amide bonds. The van der Waals surface area contributed by atoms with Crippen LogP contribution in [0.15, 0.2) is 48.8 Å². The van der Waals surface area contributed by atoms with Crippen molar-refractivity contribution in [1.29, 1.82) is 0 Å². The zero-order valence-electron chi connectivity index (χ0n) is 14.9. The average molecular weight is 346 g/mol. The second-order valence-corrected chi connectivity index (χ2v) is 6.73. The van der Waals surface area contributed by atoms with Crippen molar-refractivity contribution in [1.82, 2.24) is 15.3 Å². The molecule has 2 aromatic carbocycles. The summed E-state index contributed by atoms with van der Waals surface area (Å²) in [6.07, 6.45) is 3.97. The van der Waals surface area contributed by atoms with E-state index in [0.29, 0.717) is 12.1 Å². The summed E-state index contributed by atoms with van der Waals surface area (Å²) in [4.78, 5) is 23.7. The molecule has 4 rings (SSSR count). The summed E-state index contributed by atoms with van der Waals surface area (Å²) >= 11 is 0. The van der Waals surface area contributed by atoms with Gasteiger partial charge in [-0.05, 0) is 49.1 Å². The monoisotopic (exact) mass is 346 g/mol. The molecule has 5 heteroatoms. The van der Waals surface area contributed by atoms with Crippen LogP contribution in [0.3, 0.4) is 0 Å². The highest BCUT2D eigenvalue weighted by molar-refractivity contribution is 6.00. The third-order valence-electron chi connectivity index (χ3n) is 4.98. The maximum atomic E-state index is 12.6. The van der Waals surface area contributed by atoms with Gasteiger partial charge in [0.15, 0.2) is 0 Å². The van der Waals surface area contributed by atoms with Gasteiger partial charge < -0.3 is 10.2 Å². The van der Waals surface area contributed by atoms with Gasteiger partial charge in [0.1, 0.15) is 12.1 Å². The van der Waals surface area contributed by atoms with Gasteiger partial charge in [-0.2, -0.15) is 0 Å². The Morgan fingerprint density at radius 3 is 2.73 bits per heavy atom. The Balaban J connectivity index is 1.59. The lowest BCUT2D eigenvalue weighted by atomic mass is 10.1. The van der Waals surface area contributed by atoms with Gasteiger partial charge in [-0.15, -0.1) is 0 Å². The summed E-state index contributed by atoms with van der Waals surface area (Å²) in [5, 5.41) is 3.96. The first-order valence-corrected chi connectivity index (χ1v) is 9.05. The first-order valence-electron chi connectivity index (χ1n) is 9.05. The normalized spacial score (nSPS) is 14.0. The molecule has 132 valence electrons. The molecule has 0 bridgehead atoms. The molecule has 26 heavy (non-hydrogen) atoms. The number of amides is 1. The molecule has 0 radical (unpaired) electrons. The molecule has 5 nitrogen and oxygen atoms in total. The Kier molecular flexibility index (Phi) is 4.52. The molecular formula is C21H22N4O. The minimum atomic E-state index is -0.0774. The number of hydrogen-bond donors (Lipinski definition) is 1. The number of anilines is 1. The van der Waals surface area contributed by atoms with Gasteiger partial charge in [0.2, 0.25) is 0 Å². The van der Waals surface area contributed by atoms with Crippen LogP contribution in [0.2, 0.25) is 0 Å². The van der Waals surface area contributed by atoms with Crippen molar-refractivity contribution in [2.75, 3.05) is 18.0 Å². The SMILES string of the molecule is Cc1ccccc1CNC(=O)c1ccc2ncnc(N3CCCC3)c2c1. The number of benzene rings is 2. The fourth-order valence-electron chi connectivity index (χ4n) is 3.45. The number of hydrogen-bond acceptors (Lipinski definition) is 4. The summed E-state index contributed by atoms with van der Waals surface area (Å²) in [6.45, 7) is 4.59. The van der Waals surface area contributed by atoms with Gasteiger partial charge in [0.05, 0.1) is 5.52 Å². The number of aryl methyl sites for hydroxylation is 1. The summed E-state index contributed by atoms with van der Waals surface area (Å²) in [5.74, 6) is 0.854. The van der Waals surface area contributed by atoms with Crippen LogP contribution >= 0.6 is 0 Å². The molecule has 1 aromatic heterocycles. The van der Waals surface area contributed by atoms with E-state index in [4.69, 9.17) is 0 Å². The lowest BCUT2D eigenvalue weighted by Gasteiger charge is -2.18. The summed E-state index contributed by atoms with van der Waals surface area (Å²) in [5.41, 5.74) is 3.82. The van der Waals surface area contributed by atoms with Crippen molar-refractivity contribution in [2.45, 2.75) is 26.3 Å². The number of rotatable bonds is 4. The molecule has 1 aliphatic rings. The summed E-state index contributed by atoms with van der Waals surface area (Å²) in [7, 11) is 0. The first kappa shape index (κ1) is 16.5. The number of carbonyl (C=O) groups is 1. The van der Waals surface area contributed by atoms with E-state index < -0.39 is 0 Å². The van der Waals surface area contributed by atoms with Gasteiger partial charge in [-0.1, -0.05) is 24.3 Å². The van der Waals surface area contributed by atoms with E-state index in [1.54, 1.807) is 6.33 Å². The largest absolute Gasteiger partial charge is 0.356 e. The molecule has 0 spiro atoms. The topological polar surface area (TPSA) is 58.1 Å².